The zero-order valence-electron chi connectivity index (χ0n) is 44.9. The van der Waals surface area contributed by atoms with Gasteiger partial charge in [-0.3, -0.25) is 14.4 Å². The summed E-state index contributed by atoms with van der Waals surface area (Å²) >= 11 is 0. The smallest absolute Gasteiger partial charge is 0.306 e. The van der Waals surface area contributed by atoms with Crippen LogP contribution in [-0.4, -0.2) is 37.2 Å². The van der Waals surface area contributed by atoms with Gasteiger partial charge in [0, 0.05) is 19.3 Å². The van der Waals surface area contributed by atoms with Crippen LogP contribution in [0.3, 0.4) is 0 Å². The van der Waals surface area contributed by atoms with Crippen LogP contribution < -0.4 is 0 Å². The van der Waals surface area contributed by atoms with E-state index in [0.29, 0.717) is 19.3 Å². The fourth-order valence-electron chi connectivity index (χ4n) is 8.65. The summed E-state index contributed by atoms with van der Waals surface area (Å²) in [7, 11) is 0. The average molecular weight is 942 g/mol. The highest BCUT2D eigenvalue weighted by molar-refractivity contribution is 5.71. The van der Waals surface area contributed by atoms with E-state index in [1.807, 2.05) is 0 Å². The average Bonchev–Trinajstić information content (AvgIpc) is 3.33. The van der Waals surface area contributed by atoms with Gasteiger partial charge in [0.2, 0.25) is 0 Å². The van der Waals surface area contributed by atoms with Gasteiger partial charge in [-0.2, -0.15) is 0 Å². The second kappa shape index (κ2) is 56.2. The highest BCUT2D eigenvalue weighted by Crippen LogP contribution is 2.17. The van der Waals surface area contributed by atoms with Crippen LogP contribution in [0.15, 0.2) is 36.5 Å². The second-order valence-corrected chi connectivity index (χ2v) is 19.9. The molecule has 0 bridgehead atoms. The molecule has 0 aromatic carbocycles. The molecule has 0 amide bonds. The number of hydrogen-bond donors (Lipinski definition) is 0. The first kappa shape index (κ1) is 64.6. The Morgan fingerprint density at radius 2 is 0.537 bits per heavy atom. The lowest BCUT2D eigenvalue weighted by molar-refractivity contribution is -0.167. The molecule has 1 atom stereocenters. The quantitative estimate of drug-likeness (QED) is 0.0262. The monoisotopic (exact) mass is 941 g/mol. The summed E-state index contributed by atoms with van der Waals surface area (Å²) in [6, 6.07) is 0. The summed E-state index contributed by atoms with van der Waals surface area (Å²) in [5.74, 6) is -0.873. The van der Waals surface area contributed by atoms with Gasteiger partial charge in [-0.1, -0.05) is 256 Å². The van der Waals surface area contributed by atoms with Gasteiger partial charge < -0.3 is 14.2 Å². The first-order valence-electron chi connectivity index (χ1n) is 29.5. The molecule has 0 aromatic heterocycles. The van der Waals surface area contributed by atoms with Crippen LogP contribution in [0.25, 0.3) is 0 Å². The maximum atomic E-state index is 12.9. The SMILES string of the molecule is CCCCC/C=C\C/C=C\CCCCCCCCCC(=O)OC(COC(=O)CCCCCCC/C=C\CCCCCCC)COC(=O)CCCCCCCCCCCCCCCCCCCC. The van der Waals surface area contributed by atoms with Gasteiger partial charge in [0.25, 0.3) is 0 Å². The largest absolute Gasteiger partial charge is 0.462 e. The molecule has 67 heavy (non-hydrogen) atoms. The Kier molecular flexibility index (Phi) is 54.2. The van der Waals surface area contributed by atoms with E-state index in [1.54, 1.807) is 0 Å². The van der Waals surface area contributed by atoms with E-state index in [1.165, 1.54) is 199 Å². The molecule has 6 heteroatoms. The van der Waals surface area contributed by atoms with E-state index in [9.17, 15) is 14.4 Å². The molecule has 1 unspecified atom stereocenters. The zero-order chi connectivity index (χ0) is 48.6. The molecule has 0 aliphatic heterocycles. The van der Waals surface area contributed by atoms with Crippen molar-refractivity contribution in [2.24, 2.45) is 0 Å². The Balaban J connectivity index is 4.35. The Morgan fingerprint density at radius 3 is 0.866 bits per heavy atom. The van der Waals surface area contributed by atoms with Crippen LogP contribution in [0.2, 0.25) is 0 Å². The van der Waals surface area contributed by atoms with E-state index < -0.39 is 6.10 Å². The van der Waals surface area contributed by atoms with Crippen molar-refractivity contribution in [1.29, 1.82) is 0 Å². The van der Waals surface area contributed by atoms with Crippen molar-refractivity contribution in [3.05, 3.63) is 36.5 Å². The fourth-order valence-corrected chi connectivity index (χ4v) is 8.65. The van der Waals surface area contributed by atoms with E-state index in [2.05, 4.69) is 57.2 Å². The number of allylic oxidation sites excluding steroid dienone is 6. The van der Waals surface area contributed by atoms with Crippen LogP contribution in [0.5, 0.6) is 0 Å². The normalized spacial score (nSPS) is 12.2. The van der Waals surface area contributed by atoms with Crippen LogP contribution >= 0.6 is 0 Å². The Labute approximate surface area is 416 Å². The molecule has 0 saturated carbocycles. The van der Waals surface area contributed by atoms with E-state index >= 15 is 0 Å². The maximum absolute atomic E-state index is 12.9. The maximum Gasteiger partial charge on any atom is 0.306 e. The molecule has 0 fully saturated rings. The van der Waals surface area contributed by atoms with Crippen LogP contribution in [0.1, 0.15) is 316 Å². The van der Waals surface area contributed by atoms with Crippen molar-refractivity contribution in [2.75, 3.05) is 13.2 Å². The van der Waals surface area contributed by atoms with E-state index in [-0.39, 0.29) is 31.1 Å². The molecule has 6 nitrogen and oxygen atoms in total. The fraction of sp³-hybridized carbons (Fsp3) is 0.852. The lowest BCUT2D eigenvalue weighted by Gasteiger charge is -2.18. The Bertz CT molecular complexity index is 1130. The topological polar surface area (TPSA) is 78.9 Å². The molecule has 392 valence electrons. The van der Waals surface area contributed by atoms with Gasteiger partial charge in [-0.15, -0.1) is 0 Å². The minimum atomic E-state index is -0.777. The predicted octanol–water partition coefficient (Wildman–Crippen LogP) is 19.7. The van der Waals surface area contributed by atoms with E-state index in [4.69, 9.17) is 14.2 Å². The molecule has 0 radical (unpaired) electrons. The number of carbonyl (C=O) groups is 3. The minimum absolute atomic E-state index is 0.0743. The summed E-state index contributed by atoms with van der Waals surface area (Å²) in [4.78, 5) is 38.2. The summed E-state index contributed by atoms with van der Waals surface area (Å²) in [5, 5.41) is 0. The summed E-state index contributed by atoms with van der Waals surface area (Å²) in [6.45, 7) is 6.64. The highest BCUT2D eigenvalue weighted by atomic mass is 16.6. The molecular formula is C61H112O6. The number of carbonyl (C=O) groups excluding carboxylic acids is 3. The number of ether oxygens (including phenoxy) is 3. The predicted molar refractivity (Wildman–Crippen MR) is 289 cm³/mol. The summed E-state index contributed by atoms with van der Waals surface area (Å²) in [5.41, 5.74) is 0. The van der Waals surface area contributed by atoms with Gasteiger partial charge >= 0.3 is 17.9 Å². The first-order valence-corrected chi connectivity index (χ1v) is 29.5. The number of hydrogen-bond acceptors (Lipinski definition) is 6. The van der Waals surface area contributed by atoms with E-state index in [0.717, 1.165) is 77.0 Å². The molecule has 0 heterocycles. The summed E-state index contributed by atoms with van der Waals surface area (Å²) in [6.07, 6.45) is 67.0. The number of rotatable bonds is 54. The van der Waals surface area contributed by atoms with Crippen molar-refractivity contribution in [3.8, 4) is 0 Å². The van der Waals surface area contributed by atoms with Crippen LogP contribution in [0.4, 0.5) is 0 Å². The van der Waals surface area contributed by atoms with Gasteiger partial charge in [-0.05, 0) is 77.0 Å². The molecule has 0 rings (SSSR count). The van der Waals surface area contributed by atoms with Crippen molar-refractivity contribution in [3.63, 3.8) is 0 Å². The molecule has 0 aliphatic carbocycles. The standard InChI is InChI=1S/C61H112O6/c1-4-7-10-13-16-19-22-25-28-30-32-33-36-39-42-45-48-51-54-60(63)66-57-58(56-65-59(62)53-50-47-44-41-38-35-27-24-21-18-15-12-9-6-3)67-61(64)55-52-49-46-43-40-37-34-31-29-26-23-20-17-14-11-8-5-2/h17,20,24,26-27,29,58H,4-16,18-19,21-23,25,28,30-57H2,1-3H3/b20-17-,27-24-,29-26-. The van der Waals surface area contributed by atoms with Crippen molar-refractivity contribution < 1.29 is 28.6 Å². The van der Waals surface area contributed by atoms with Gasteiger partial charge in [-0.25, -0.2) is 0 Å². The summed E-state index contributed by atoms with van der Waals surface area (Å²) < 4.78 is 16.9. The van der Waals surface area contributed by atoms with Crippen molar-refractivity contribution >= 4 is 17.9 Å². The van der Waals surface area contributed by atoms with Crippen LogP contribution in [0, 0.1) is 0 Å². The molecular weight excluding hydrogens is 829 g/mol. The number of esters is 3. The molecule has 0 N–H and O–H groups in total. The number of unbranched alkanes of at least 4 members (excludes halogenated alkanes) is 37. The van der Waals surface area contributed by atoms with Gasteiger partial charge in [0.05, 0.1) is 0 Å². The molecule has 0 aliphatic rings. The minimum Gasteiger partial charge on any atom is -0.462 e. The lowest BCUT2D eigenvalue weighted by atomic mass is 10.0. The van der Waals surface area contributed by atoms with Crippen molar-refractivity contribution in [2.45, 2.75) is 322 Å². The molecule has 0 aromatic rings. The Morgan fingerprint density at radius 1 is 0.299 bits per heavy atom. The Hall–Kier alpha value is -2.37. The third-order valence-electron chi connectivity index (χ3n) is 13.1. The second-order valence-electron chi connectivity index (χ2n) is 19.9. The molecule has 0 saturated heterocycles. The first-order chi connectivity index (χ1) is 33.0. The van der Waals surface area contributed by atoms with Gasteiger partial charge in [0.15, 0.2) is 6.10 Å². The highest BCUT2D eigenvalue weighted by Gasteiger charge is 2.19. The third kappa shape index (κ3) is 54.4. The molecule has 0 spiro atoms. The third-order valence-corrected chi connectivity index (χ3v) is 13.1. The van der Waals surface area contributed by atoms with Gasteiger partial charge in [0.1, 0.15) is 13.2 Å². The zero-order valence-corrected chi connectivity index (χ0v) is 44.9. The van der Waals surface area contributed by atoms with Crippen LogP contribution in [-0.2, 0) is 28.6 Å². The van der Waals surface area contributed by atoms with Crippen molar-refractivity contribution in [1.82, 2.24) is 0 Å². The lowest BCUT2D eigenvalue weighted by Crippen LogP contribution is -2.30.